The Morgan fingerprint density at radius 3 is 3.11 bits per heavy atom. The van der Waals surface area contributed by atoms with Crippen LogP contribution >= 0.6 is 15.9 Å². The van der Waals surface area contributed by atoms with Gasteiger partial charge in [0.15, 0.2) is 0 Å². The molecule has 5 heteroatoms. The van der Waals surface area contributed by atoms with Gasteiger partial charge in [-0.15, -0.1) is 0 Å². The average Bonchev–Trinajstić information content (AvgIpc) is 2.84. The maximum absolute atomic E-state index is 11.8. The third-order valence-corrected chi connectivity index (χ3v) is 4.07. The van der Waals surface area contributed by atoms with Crippen LogP contribution < -0.4 is 10.6 Å². The summed E-state index contributed by atoms with van der Waals surface area (Å²) in [5, 5.41) is 6.15. The summed E-state index contributed by atoms with van der Waals surface area (Å²) in [6, 6.07) is 3.71. The van der Waals surface area contributed by atoms with E-state index in [1.807, 2.05) is 19.1 Å². The Morgan fingerprint density at radius 1 is 1.61 bits per heavy atom. The molecule has 2 rings (SSSR count). The van der Waals surface area contributed by atoms with E-state index in [9.17, 15) is 4.79 Å². The highest BCUT2D eigenvalue weighted by Gasteiger charge is 2.15. The van der Waals surface area contributed by atoms with Crippen LogP contribution in [0, 0.1) is 12.8 Å². The molecule has 1 fully saturated rings. The zero-order valence-electron chi connectivity index (χ0n) is 10.5. The van der Waals surface area contributed by atoms with Crippen molar-refractivity contribution >= 4 is 27.7 Å². The minimum Gasteiger partial charge on any atom is -0.316 e. The molecule has 1 aromatic rings. The number of rotatable bonds is 4. The summed E-state index contributed by atoms with van der Waals surface area (Å²) in [5.74, 6) is 1.33. The molecular formula is C13H18BrN3O. The second kappa shape index (κ2) is 6.29. The summed E-state index contributed by atoms with van der Waals surface area (Å²) in [4.78, 5) is 16.1. The van der Waals surface area contributed by atoms with Crippen molar-refractivity contribution < 1.29 is 4.79 Å². The van der Waals surface area contributed by atoms with Gasteiger partial charge in [-0.3, -0.25) is 4.79 Å². The average molecular weight is 312 g/mol. The SMILES string of the molecule is Cc1nc(NC(=O)CCC2CCNC2)ccc1Br. The molecule has 0 saturated carbocycles. The summed E-state index contributed by atoms with van der Waals surface area (Å²) in [6.45, 7) is 4.03. The maximum atomic E-state index is 11.8. The van der Waals surface area contributed by atoms with Crippen LogP contribution in [0.4, 0.5) is 5.82 Å². The Bertz CT molecular complexity index is 430. The molecule has 1 atom stereocenters. The van der Waals surface area contributed by atoms with Crippen molar-refractivity contribution in [3.63, 3.8) is 0 Å². The summed E-state index contributed by atoms with van der Waals surface area (Å²) >= 11 is 3.39. The number of anilines is 1. The Labute approximate surface area is 116 Å². The van der Waals surface area contributed by atoms with Gasteiger partial charge in [0.1, 0.15) is 5.82 Å². The molecule has 98 valence electrons. The largest absolute Gasteiger partial charge is 0.316 e. The van der Waals surface area contributed by atoms with E-state index in [0.717, 1.165) is 29.7 Å². The first-order chi connectivity index (χ1) is 8.65. The molecule has 1 saturated heterocycles. The number of pyridine rings is 1. The fourth-order valence-electron chi connectivity index (χ4n) is 2.12. The highest BCUT2D eigenvalue weighted by Crippen LogP contribution is 2.17. The Morgan fingerprint density at radius 2 is 2.44 bits per heavy atom. The first kappa shape index (κ1) is 13.5. The normalized spacial score (nSPS) is 18.9. The van der Waals surface area contributed by atoms with Crippen molar-refractivity contribution in [2.45, 2.75) is 26.2 Å². The lowest BCUT2D eigenvalue weighted by atomic mass is 10.0. The third kappa shape index (κ3) is 3.78. The second-order valence-corrected chi connectivity index (χ2v) is 5.56. The number of halogens is 1. The number of nitrogens with one attached hydrogen (secondary N) is 2. The Balaban J connectivity index is 1.80. The van der Waals surface area contributed by atoms with Crippen LogP contribution in [0.3, 0.4) is 0 Å². The number of carbonyl (C=O) groups excluding carboxylic acids is 1. The molecule has 1 unspecified atom stereocenters. The van der Waals surface area contributed by atoms with Gasteiger partial charge in [-0.1, -0.05) is 0 Å². The molecule has 1 amide bonds. The van der Waals surface area contributed by atoms with Gasteiger partial charge in [-0.2, -0.15) is 0 Å². The number of nitrogens with zero attached hydrogens (tertiary/aromatic N) is 1. The van der Waals surface area contributed by atoms with E-state index in [1.54, 1.807) is 0 Å². The molecule has 4 nitrogen and oxygen atoms in total. The molecule has 0 radical (unpaired) electrons. The van der Waals surface area contributed by atoms with E-state index in [0.29, 0.717) is 18.2 Å². The van der Waals surface area contributed by atoms with E-state index in [4.69, 9.17) is 0 Å². The van der Waals surface area contributed by atoms with Crippen LogP contribution in [0.5, 0.6) is 0 Å². The highest BCUT2D eigenvalue weighted by atomic mass is 79.9. The van der Waals surface area contributed by atoms with Gasteiger partial charge in [0, 0.05) is 10.9 Å². The van der Waals surface area contributed by atoms with Gasteiger partial charge in [0.25, 0.3) is 0 Å². The van der Waals surface area contributed by atoms with Crippen LogP contribution in [0.25, 0.3) is 0 Å². The number of aryl methyl sites for hydroxylation is 1. The minimum atomic E-state index is 0.0520. The summed E-state index contributed by atoms with van der Waals surface area (Å²) in [6.07, 6.45) is 2.71. The van der Waals surface area contributed by atoms with Crippen LogP contribution in [0.1, 0.15) is 25.0 Å². The lowest BCUT2D eigenvalue weighted by Crippen LogP contribution is -2.15. The fraction of sp³-hybridized carbons (Fsp3) is 0.538. The Hall–Kier alpha value is -0.940. The van der Waals surface area contributed by atoms with Crippen molar-refractivity contribution in [2.75, 3.05) is 18.4 Å². The molecule has 0 bridgehead atoms. The molecular weight excluding hydrogens is 294 g/mol. The standard InChI is InChI=1S/C13H18BrN3O/c1-9-11(14)3-4-12(16-9)17-13(18)5-2-10-6-7-15-8-10/h3-4,10,15H,2,5-8H2,1H3,(H,16,17,18). The topological polar surface area (TPSA) is 54.0 Å². The smallest absolute Gasteiger partial charge is 0.225 e. The van der Waals surface area contributed by atoms with Crippen molar-refractivity contribution in [3.05, 3.63) is 22.3 Å². The molecule has 0 spiro atoms. The molecule has 2 heterocycles. The molecule has 1 aromatic heterocycles. The molecule has 1 aliphatic heterocycles. The summed E-state index contributed by atoms with van der Waals surface area (Å²) in [7, 11) is 0. The summed E-state index contributed by atoms with van der Waals surface area (Å²) in [5.41, 5.74) is 0.882. The predicted molar refractivity (Wildman–Crippen MR) is 75.5 cm³/mol. The van der Waals surface area contributed by atoms with Gasteiger partial charge in [-0.05, 0) is 66.8 Å². The van der Waals surface area contributed by atoms with Gasteiger partial charge in [-0.25, -0.2) is 4.98 Å². The first-order valence-electron chi connectivity index (χ1n) is 6.29. The van der Waals surface area contributed by atoms with Gasteiger partial charge in [0.05, 0.1) is 5.69 Å². The lowest BCUT2D eigenvalue weighted by Gasteiger charge is -2.09. The van der Waals surface area contributed by atoms with Crippen molar-refractivity contribution in [2.24, 2.45) is 5.92 Å². The number of carbonyl (C=O) groups is 1. The monoisotopic (exact) mass is 311 g/mol. The van der Waals surface area contributed by atoms with Crippen LogP contribution in [-0.2, 0) is 4.79 Å². The van der Waals surface area contributed by atoms with Gasteiger partial charge >= 0.3 is 0 Å². The third-order valence-electron chi connectivity index (χ3n) is 3.23. The van der Waals surface area contributed by atoms with E-state index in [-0.39, 0.29) is 5.91 Å². The van der Waals surface area contributed by atoms with Crippen LogP contribution in [0.2, 0.25) is 0 Å². The zero-order chi connectivity index (χ0) is 13.0. The minimum absolute atomic E-state index is 0.0520. The molecule has 0 aliphatic carbocycles. The highest BCUT2D eigenvalue weighted by molar-refractivity contribution is 9.10. The number of aromatic nitrogens is 1. The van der Waals surface area contributed by atoms with E-state index in [2.05, 4.69) is 31.5 Å². The number of hydrogen-bond acceptors (Lipinski definition) is 3. The predicted octanol–water partition coefficient (Wildman–Crippen LogP) is 2.48. The summed E-state index contributed by atoms with van der Waals surface area (Å²) < 4.78 is 0.956. The first-order valence-corrected chi connectivity index (χ1v) is 7.08. The van der Waals surface area contributed by atoms with E-state index in [1.165, 1.54) is 6.42 Å². The quantitative estimate of drug-likeness (QED) is 0.898. The van der Waals surface area contributed by atoms with Crippen LogP contribution in [-0.4, -0.2) is 24.0 Å². The van der Waals surface area contributed by atoms with Gasteiger partial charge in [0.2, 0.25) is 5.91 Å². The van der Waals surface area contributed by atoms with Crippen molar-refractivity contribution in [1.29, 1.82) is 0 Å². The van der Waals surface area contributed by atoms with E-state index < -0.39 is 0 Å². The van der Waals surface area contributed by atoms with Crippen LogP contribution in [0.15, 0.2) is 16.6 Å². The van der Waals surface area contributed by atoms with Gasteiger partial charge < -0.3 is 10.6 Å². The zero-order valence-corrected chi connectivity index (χ0v) is 12.1. The molecule has 2 N–H and O–H groups in total. The molecule has 0 aromatic carbocycles. The van der Waals surface area contributed by atoms with Crippen molar-refractivity contribution in [1.82, 2.24) is 10.3 Å². The van der Waals surface area contributed by atoms with E-state index >= 15 is 0 Å². The molecule has 18 heavy (non-hydrogen) atoms. The Kier molecular flexibility index (Phi) is 4.72. The number of amides is 1. The molecule has 1 aliphatic rings. The number of hydrogen-bond donors (Lipinski definition) is 2. The van der Waals surface area contributed by atoms with Crippen molar-refractivity contribution in [3.8, 4) is 0 Å². The second-order valence-electron chi connectivity index (χ2n) is 4.71. The lowest BCUT2D eigenvalue weighted by molar-refractivity contribution is -0.116. The fourth-order valence-corrected chi connectivity index (χ4v) is 2.34. The maximum Gasteiger partial charge on any atom is 0.225 e.